The van der Waals surface area contributed by atoms with E-state index in [-0.39, 0.29) is 11.7 Å². The lowest BCUT2D eigenvalue weighted by Gasteiger charge is -2.25. The van der Waals surface area contributed by atoms with E-state index in [1.165, 1.54) is 6.07 Å². The Morgan fingerprint density at radius 1 is 1.04 bits per heavy atom. The lowest BCUT2D eigenvalue weighted by Crippen LogP contribution is -2.47. The largest absolute Gasteiger partial charge is 0.490 e. The lowest BCUT2D eigenvalue weighted by atomic mass is 10.0. The van der Waals surface area contributed by atoms with Gasteiger partial charge in [-0.25, -0.2) is 4.79 Å². The molecule has 4 atom stereocenters. The molecule has 0 heterocycles. The topological polar surface area (TPSA) is 137 Å². The standard InChI is InChI=1S/C16H24O8/c1-9(2)24-13-6-4-3-5-10(13)16(22)23-8-12(19)15(21)14(20)11(18)7-17/h3-6,9,11-12,14-15,17-21H,7-8H2,1-2H3/t11-,12+,14+,15+/m0/s1. The van der Waals surface area contributed by atoms with E-state index in [0.29, 0.717) is 5.75 Å². The van der Waals surface area contributed by atoms with Crippen LogP contribution in [-0.4, -0.2) is 75.2 Å². The molecule has 5 N–H and O–H groups in total. The molecule has 0 fully saturated rings. The van der Waals surface area contributed by atoms with Crippen LogP contribution >= 0.6 is 0 Å². The predicted molar refractivity (Wildman–Crippen MR) is 83.6 cm³/mol. The van der Waals surface area contributed by atoms with E-state index < -0.39 is 43.6 Å². The molecule has 0 spiro atoms. The van der Waals surface area contributed by atoms with Crippen molar-refractivity contribution in [2.45, 2.75) is 44.4 Å². The summed E-state index contributed by atoms with van der Waals surface area (Å²) >= 11 is 0. The molecule has 0 radical (unpaired) electrons. The molecule has 8 heteroatoms. The van der Waals surface area contributed by atoms with Crippen molar-refractivity contribution in [3.05, 3.63) is 29.8 Å². The zero-order chi connectivity index (χ0) is 18.3. The number of hydrogen-bond donors (Lipinski definition) is 5. The molecule has 136 valence electrons. The van der Waals surface area contributed by atoms with Crippen molar-refractivity contribution in [3.63, 3.8) is 0 Å². The highest BCUT2D eigenvalue weighted by atomic mass is 16.5. The van der Waals surface area contributed by atoms with Gasteiger partial charge >= 0.3 is 5.97 Å². The molecule has 0 aliphatic carbocycles. The van der Waals surface area contributed by atoms with Crippen LogP contribution in [0.3, 0.4) is 0 Å². The fourth-order valence-electron chi connectivity index (χ4n) is 1.89. The molecule has 1 aromatic rings. The van der Waals surface area contributed by atoms with Crippen LogP contribution in [0.5, 0.6) is 5.75 Å². The second-order valence-electron chi connectivity index (χ2n) is 5.56. The number of carbonyl (C=O) groups excluding carboxylic acids is 1. The van der Waals surface area contributed by atoms with Crippen molar-refractivity contribution in [1.82, 2.24) is 0 Å². The molecule has 0 aliphatic rings. The zero-order valence-corrected chi connectivity index (χ0v) is 13.6. The van der Waals surface area contributed by atoms with Crippen molar-refractivity contribution in [2.75, 3.05) is 13.2 Å². The summed E-state index contributed by atoms with van der Waals surface area (Å²) in [5.74, 6) is -0.446. The third-order valence-electron chi connectivity index (χ3n) is 3.18. The molecular weight excluding hydrogens is 320 g/mol. The van der Waals surface area contributed by atoms with E-state index in [1.807, 2.05) is 0 Å². The summed E-state index contributed by atoms with van der Waals surface area (Å²) in [4.78, 5) is 12.1. The summed E-state index contributed by atoms with van der Waals surface area (Å²) < 4.78 is 10.4. The van der Waals surface area contributed by atoms with Gasteiger partial charge in [0.25, 0.3) is 0 Å². The van der Waals surface area contributed by atoms with Gasteiger partial charge < -0.3 is 35.0 Å². The highest BCUT2D eigenvalue weighted by Crippen LogP contribution is 2.20. The maximum atomic E-state index is 12.1. The maximum absolute atomic E-state index is 12.1. The quantitative estimate of drug-likeness (QED) is 0.362. The van der Waals surface area contributed by atoms with E-state index in [4.69, 9.17) is 14.6 Å². The summed E-state index contributed by atoms with van der Waals surface area (Å²) in [6, 6.07) is 6.41. The normalized spacial score (nSPS) is 16.3. The van der Waals surface area contributed by atoms with Gasteiger partial charge in [-0.05, 0) is 26.0 Å². The van der Waals surface area contributed by atoms with Gasteiger partial charge in [-0.15, -0.1) is 0 Å². The number of hydrogen-bond acceptors (Lipinski definition) is 8. The fourth-order valence-corrected chi connectivity index (χ4v) is 1.89. The van der Waals surface area contributed by atoms with Gasteiger partial charge in [-0.2, -0.15) is 0 Å². The van der Waals surface area contributed by atoms with Crippen LogP contribution in [0.4, 0.5) is 0 Å². The minimum atomic E-state index is -1.79. The van der Waals surface area contributed by atoms with Crippen LogP contribution in [0.25, 0.3) is 0 Å². The zero-order valence-electron chi connectivity index (χ0n) is 13.6. The molecule has 0 saturated carbocycles. The van der Waals surface area contributed by atoms with Gasteiger partial charge in [0.05, 0.1) is 12.7 Å². The molecule has 0 saturated heterocycles. The minimum Gasteiger partial charge on any atom is -0.490 e. The first kappa shape index (κ1) is 20.3. The third-order valence-corrected chi connectivity index (χ3v) is 3.18. The Labute approximate surface area is 139 Å². The Kier molecular flexibility index (Phi) is 8.09. The second-order valence-corrected chi connectivity index (χ2v) is 5.56. The van der Waals surface area contributed by atoms with Gasteiger partial charge in [0.2, 0.25) is 0 Å². The Morgan fingerprint density at radius 3 is 2.21 bits per heavy atom. The summed E-state index contributed by atoms with van der Waals surface area (Å²) in [6.07, 6.45) is -6.97. The second kappa shape index (κ2) is 9.55. The van der Waals surface area contributed by atoms with Crippen LogP contribution in [0.2, 0.25) is 0 Å². The smallest absolute Gasteiger partial charge is 0.342 e. The van der Waals surface area contributed by atoms with E-state index in [2.05, 4.69) is 0 Å². The highest BCUT2D eigenvalue weighted by Gasteiger charge is 2.31. The third kappa shape index (κ3) is 5.73. The van der Waals surface area contributed by atoms with Gasteiger partial charge in [-0.1, -0.05) is 12.1 Å². The molecule has 1 aromatic carbocycles. The van der Waals surface area contributed by atoms with Crippen molar-refractivity contribution in [3.8, 4) is 5.75 Å². The molecule has 0 aromatic heterocycles. The number of ether oxygens (including phenoxy) is 2. The molecule has 8 nitrogen and oxygen atoms in total. The van der Waals surface area contributed by atoms with E-state index in [9.17, 15) is 25.2 Å². The van der Waals surface area contributed by atoms with E-state index >= 15 is 0 Å². The van der Waals surface area contributed by atoms with Crippen molar-refractivity contribution >= 4 is 5.97 Å². The molecule has 0 amide bonds. The summed E-state index contributed by atoms with van der Waals surface area (Å²) in [5, 5.41) is 46.8. The van der Waals surface area contributed by atoms with Gasteiger partial charge in [0, 0.05) is 0 Å². The SMILES string of the molecule is CC(C)Oc1ccccc1C(=O)OC[C@@H](O)[C@@H](O)[C@H](O)[C@@H](O)CO. The lowest BCUT2D eigenvalue weighted by molar-refractivity contribution is -0.124. The molecule has 0 bridgehead atoms. The summed E-state index contributed by atoms with van der Waals surface area (Å²) in [7, 11) is 0. The first-order valence-electron chi connectivity index (χ1n) is 7.53. The number of benzene rings is 1. The van der Waals surface area contributed by atoms with Crippen LogP contribution in [0, 0.1) is 0 Å². The van der Waals surface area contributed by atoms with E-state index in [0.717, 1.165) is 0 Å². The monoisotopic (exact) mass is 344 g/mol. The fraction of sp³-hybridized carbons (Fsp3) is 0.562. The van der Waals surface area contributed by atoms with E-state index in [1.54, 1.807) is 32.0 Å². The Hall–Kier alpha value is -1.71. The van der Waals surface area contributed by atoms with Crippen LogP contribution in [0.1, 0.15) is 24.2 Å². The Balaban J connectivity index is 2.66. The summed E-state index contributed by atoms with van der Waals surface area (Å²) in [5.41, 5.74) is 0.156. The number of esters is 1. The number of aliphatic hydroxyl groups excluding tert-OH is 5. The average Bonchev–Trinajstić information content (AvgIpc) is 2.57. The molecule has 0 unspecified atom stereocenters. The molecule has 0 aliphatic heterocycles. The molecule has 24 heavy (non-hydrogen) atoms. The van der Waals surface area contributed by atoms with Crippen molar-refractivity contribution < 1.29 is 39.8 Å². The highest BCUT2D eigenvalue weighted by molar-refractivity contribution is 5.92. The number of aliphatic hydroxyl groups is 5. The van der Waals surface area contributed by atoms with Crippen molar-refractivity contribution in [2.24, 2.45) is 0 Å². The van der Waals surface area contributed by atoms with Crippen molar-refractivity contribution in [1.29, 1.82) is 0 Å². The Bertz CT molecular complexity index is 519. The van der Waals surface area contributed by atoms with Crippen LogP contribution in [-0.2, 0) is 4.74 Å². The first-order valence-corrected chi connectivity index (χ1v) is 7.53. The maximum Gasteiger partial charge on any atom is 0.342 e. The Morgan fingerprint density at radius 2 is 1.62 bits per heavy atom. The van der Waals surface area contributed by atoms with Crippen LogP contribution < -0.4 is 4.74 Å². The minimum absolute atomic E-state index is 0.151. The predicted octanol–water partition coefficient (Wildman–Crippen LogP) is -0.933. The van der Waals surface area contributed by atoms with Gasteiger partial charge in [0.1, 0.15) is 42.3 Å². The number of rotatable bonds is 9. The number of para-hydroxylation sites is 1. The average molecular weight is 344 g/mol. The first-order chi connectivity index (χ1) is 11.3. The van der Waals surface area contributed by atoms with Gasteiger partial charge in [0.15, 0.2) is 0 Å². The molecular formula is C16H24O8. The summed E-state index contributed by atoms with van der Waals surface area (Å²) in [6.45, 7) is 2.21. The van der Waals surface area contributed by atoms with Crippen LogP contribution in [0.15, 0.2) is 24.3 Å². The number of carbonyl (C=O) groups is 1. The molecule has 1 rings (SSSR count). The van der Waals surface area contributed by atoms with Gasteiger partial charge in [-0.3, -0.25) is 0 Å².